The normalized spacial score (nSPS) is 19.9. The number of hydrogen-bond acceptors (Lipinski definition) is 7. The third-order valence-corrected chi connectivity index (χ3v) is 5.97. The predicted octanol–water partition coefficient (Wildman–Crippen LogP) is 1.52. The molecule has 0 aromatic carbocycles. The van der Waals surface area contributed by atoms with E-state index in [0.29, 0.717) is 37.5 Å². The van der Waals surface area contributed by atoms with Gasteiger partial charge in [-0.3, -0.25) is 9.59 Å². The maximum atomic E-state index is 13.0. The highest BCUT2D eigenvalue weighted by atomic mass is 16.4. The number of ketones is 1. The summed E-state index contributed by atoms with van der Waals surface area (Å²) in [5.41, 5.74) is 0. The zero-order valence-corrected chi connectivity index (χ0v) is 18.1. The smallest absolute Gasteiger partial charge is 0.426 e. The van der Waals surface area contributed by atoms with E-state index in [4.69, 9.17) is 6.57 Å². The first kappa shape index (κ1) is 23.2. The van der Waals surface area contributed by atoms with Gasteiger partial charge >= 0.3 is 7.12 Å². The number of nitrogens with one attached hydrogen (secondary N) is 1. The molecule has 0 radical (unpaired) electrons. The van der Waals surface area contributed by atoms with E-state index >= 15 is 0 Å². The molecule has 10 heteroatoms. The lowest BCUT2D eigenvalue weighted by Crippen LogP contribution is -2.54. The Balaban J connectivity index is 1.63. The Morgan fingerprint density at radius 3 is 2.52 bits per heavy atom. The van der Waals surface area contributed by atoms with E-state index in [-0.39, 0.29) is 35.9 Å². The lowest BCUT2D eigenvalue weighted by Gasteiger charge is -2.40. The molecular weight excluding hydrogens is 397 g/mol. The molecule has 1 amide bonds. The summed E-state index contributed by atoms with van der Waals surface area (Å²) < 4.78 is 0. The van der Waals surface area contributed by atoms with Crippen LogP contribution in [-0.4, -0.2) is 57.4 Å². The lowest BCUT2D eigenvalue weighted by atomic mass is 9.74. The molecule has 1 aromatic heterocycles. The molecular formula is C21H30BN5O4. The topological polar surface area (TPSA) is 120 Å². The van der Waals surface area contributed by atoms with Crippen molar-refractivity contribution < 1.29 is 19.6 Å². The highest BCUT2D eigenvalue weighted by Gasteiger charge is 2.39. The molecule has 2 fully saturated rings. The minimum atomic E-state index is -1.64. The average Bonchev–Trinajstić information content (AvgIpc) is 3.50. The van der Waals surface area contributed by atoms with Gasteiger partial charge in [0.15, 0.2) is 17.8 Å². The Morgan fingerprint density at radius 2 is 2.03 bits per heavy atom. The van der Waals surface area contributed by atoms with Crippen LogP contribution in [0.25, 0.3) is 4.85 Å². The van der Waals surface area contributed by atoms with Gasteiger partial charge in [-0.05, 0) is 31.1 Å². The Morgan fingerprint density at radius 1 is 1.29 bits per heavy atom. The maximum absolute atomic E-state index is 13.0. The molecule has 31 heavy (non-hydrogen) atoms. The molecule has 0 bridgehead atoms. The van der Waals surface area contributed by atoms with Gasteiger partial charge < -0.3 is 25.1 Å². The SMILES string of the molecule is [C-]#[N+]c1cnc(N2CC[C@H]2C(=O)C[C@@H](CC2CC2)C(=O)N[C@@H](CC(C)C)B(O)O)cn1. The van der Waals surface area contributed by atoms with Crippen molar-refractivity contribution in [3.05, 3.63) is 23.8 Å². The number of carbonyl (C=O) groups excluding carboxylic acids is 2. The van der Waals surface area contributed by atoms with E-state index in [0.717, 1.165) is 12.8 Å². The van der Waals surface area contributed by atoms with Crippen molar-refractivity contribution >= 4 is 30.4 Å². The molecule has 0 unspecified atom stereocenters. The zero-order chi connectivity index (χ0) is 22.5. The number of nitrogens with zero attached hydrogens (tertiary/aromatic N) is 4. The molecule has 1 saturated carbocycles. The fourth-order valence-electron chi connectivity index (χ4n) is 4.00. The van der Waals surface area contributed by atoms with Crippen molar-refractivity contribution in [3.63, 3.8) is 0 Å². The highest BCUT2D eigenvalue weighted by Crippen LogP contribution is 2.37. The van der Waals surface area contributed by atoms with Gasteiger partial charge in [-0.15, -0.1) is 4.98 Å². The second-order valence-corrected chi connectivity index (χ2v) is 9.05. The van der Waals surface area contributed by atoms with E-state index in [1.165, 1.54) is 12.4 Å². The van der Waals surface area contributed by atoms with Crippen LogP contribution in [0.3, 0.4) is 0 Å². The van der Waals surface area contributed by atoms with Crippen LogP contribution in [0, 0.1) is 24.3 Å². The summed E-state index contributed by atoms with van der Waals surface area (Å²) in [5.74, 6) is -0.132. The minimum Gasteiger partial charge on any atom is -0.426 e. The number of hydrogen-bond donors (Lipinski definition) is 3. The minimum absolute atomic E-state index is 0.0203. The molecule has 9 nitrogen and oxygen atoms in total. The molecule has 2 heterocycles. The van der Waals surface area contributed by atoms with Gasteiger partial charge in [0.25, 0.3) is 5.82 Å². The molecule has 166 valence electrons. The van der Waals surface area contributed by atoms with E-state index < -0.39 is 19.0 Å². The molecule has 3 N–H and O–H groups in total. The second-order valence-electron chi connectivity index (χ2n) is 9.05. The largest absolute Gasteiger partial charge is 0.475 e. The van der Waals surface area contributed by atoms with Crippen LogP contribution < -0.4 is 10.2 Å². The van der Waals surface area contributed by atoms with Crippen LogP contribution in [0.1, 0.15) is 52.4 Å². The first-order chi connectivity index (χ1) is 14.8. The summed E-state index contributed by atoms with van der Waals surface area (Å²) in [6.07, 6.45) is 6.91. The summed E-state index contributed by atoms with van der Waals surface area (Å²) in [4.78, 5) is 39.3. The molecule has 0 spiro atoms. The Hall–Kier alpha value is -2.51. The quantitative estimate of drug-likeness (QED) is 0.362. The maximum Gasteiger partial charge on any atom is 0.475 e. The van der Waals surface area contributed by atoms with E-state index in [1.807, 2.05) is 18.7 Å². The number of anilines is 1. The van der Waals surface area contributed by atoms with Crippen LogP contribution in [0.5, 0.6) is 0 Å². The predicted molar refractivity (Wildman–Crippen MR) is 116 cm³/mol. The number of carbonyl (C=O) groups is 2. The molecule has 1 aliphatic carbocycles. The number of amides is 1. The van der Waals surface area contributed by atoms with Gasteiger partial charge in [-0.1, -0.05) is 33.3 Å². The summed E-state index contributed by atoms with van der Waals surface area (Å²) in [5, 5.41) is 22.0. The van der Waals surface area contributed by atoms with Crippen molar-refractivity contribution in [2.24, 2.45) is 17.8 Å². The first-order valence-electron chi connectivity index (χ1n) is 10.9. The summed E-state index contributed by atoms with van der Waals surface area (Å²) in [6.45, 7) is 11.5. The van der Waals surface area contributed by atoms with Crippen LogP contribution in [-0.2, 0) is 9.59 Å². The summed E-state index contributed by atoms with van der Waals surface area (Å²) >= 11 is 0. The van der Waals surface area contributed by atoms with Crippen LogP contribution >= 0.6 is 0 Å². The molecule has 1 saturated heterocycles. The fraction of sp³-hybridized carbons (Fsp3) is 0.667. The monoisotopic (exact) mass is 427 g/mol. The van der Waals surface area contributed by atoms with Gasteiger partial charge in [0, 0.05) is 18.9 Å². The fourth-order valence-corrected chi connectivity index (χ4v) is 4.00. The van der Waals surface area contributed by atoms with Gasteiger partial charge in [0.05, 0.1) is 18.2 Å². The lowest BCUT2D eigenvalue weighted by molar-refractivity contribution is -0.131. The van der Waals surface area contributed by atoms with Crippen LogP contribution in [0.2, 0.25) is 0 Å². The van der Waals surface area contributed by atoms with Crippen molar-refractivity contribution in [3.8, 4) is 0 Å². The second kappa shape index (κ2) is 10.2. The van der Waals surface area contributed by atoms with Crippen molar-refractivity contribution in [1.82, 2.24) is 15.3 Å². The standard InChI is InChI=1S/C21H30BN5O4/c1-13(2)8-18(22(30)31)26-21(29)15(9-14-4-5-14)10-17(28)16-6-7-27(16)20-12-24-19(23-3)11-25-20/h11-16,18,30-31H,4-10H2,1-2H3,(H,26,29)/t15-,16+,18+/m1/s1. The molecule has 1 aromatic rings. The number of Topliss-reactive ketones (excluding diaryl/α,β-unsaturated/α-hetero) is 1. The first-order valence-corrected chi connectivity index (χ1v) is 10.9. The van der Waals surface area contributed by atoms with E-state index in [1.54, 1.807) is 0 Å². The van der Waals surface area contributed by atoms with Crippen LogP contribution in [0.15, 0.2) is 12.4 Å². The summed E-state index contributed by atoms with van der Waals surface area (Å²) in [6, 6.07) is -0.350. The third-order valence-electron chi connectivity index (χ3n) is 5.97. The number of rotatable bonds is 11. The van der Waals surface area contributed by atoms with Gasteiger partial charge in [-0.2, -0.15) is 0 Å². The molecule has 3 atom stereocenters. The third kappa shape index (κ3) is 6.25. The average molecular weight is 427 g/mol. The van der Waals surface area contributed by atoms with Gasteiger partial charge in [0.1, 0.15) is 0 Å². The van der Waals surface area contributed by atoms with Crippen molar-refractivity contribution in [2.45, 2.75) is 64.4 Å². The number of aromatic nitrogens is 2. The molecule has 3 rings (SSSR count). The van der Waals surface area contributed by atoms with Crippen molar-refractivity contribution in [2.75, 3.05) is 11.4 Å². The Labute approximate surface area is 183 Å². The zero-order valence-electron chi connectivity index (χ0n) is 18.1. The van der Waals surface area contributed by atoms with Crippen molar-refractivity contribution in [1.29, 1.82) is 0 Å². The van der Waals surface area contributed by atoms with E-state index in [2.05, 4.69) is 20.1 Å². The van der Waals surface area contributed by atoms with E-state index in [9.17, 15) is 19.6 Å². The Kier molecular flexibility index (Phi) is 7.62. The van der Waals surface area contributed by atoms with Crippen LogP contribution in [0.4, 0.5) is 11.6 Å². The molecule has 1 aliphatic heterocycles. The van der Waals surface area contributed by atoms with Gasteiger partial charge in [-0.25, -0.2) is 4.98 Å². The molecule has 2 aliphatic rings. The van der Waals surface area contributed by atoms with Gasteiger partial charge in [0.2, 0.25) is 5.91 Å². The highest BCUT2D eigenvalue weighted by molar-refractivity contribution is 6.43. The summed E-state index contributed by atoms with van der Waals surface area (Å²) in [7, 11) is -1.64. The Bertz CT molecular complexity index is 822.